The molecule has 0 aliphatic carbocycles. The first-order chi connectivity index (χ1) is 11.6. The number of hydrogen-bond acceptors (Lipinski definition) is 4. The number of ether oxygens (including phenoxy) is 1. The van der Waals surface area contributed by atoms with E-state index in [4.69, 9.17) is 4.74 Å². The van der Waals surface area contributed by atoms with Crippen LogP contribution in [0.5, 0.6) is 0 Å². The van der Waals surface area contributed by atoms with Crippen molar-refractivity contribution in [2.45, 2.75) is 52.2 Å². The van der Waals surface area contributed by atoms with Crippen molar-refractivity contribution in [3.63, 3.8) is 0 Å². The van der Waals surface area contributed by atoms with Crippen LogP contribution in [0.2, 0.25) is 0 Å². The van der Waals surface area contributed by atoms with Crippen molar-refractivity contribution < 1.29 is 14.3 Å². The highest BCUT2D eigenvalue weighted by molar-refractivity contribution is 5.87. The van der Waals surface area contributed by atoms with Crippen LogP contribution in [0.15, 0.2) is 24.3 Å². The Balaban J connectivity index is 1.89. The van der Waals surface area contributed by atoms with Gasteiger partial charge in [-0.05, 0) is 40.7 Å². The van der Waals surface area contributed by atoms with Crippen molar-refractivity contribution in [2.75, 3.05) is 6.54 Å². The number of nitrogens with one attached hydrogen (secondary N) is 3. The maximum absolute atomic E-state index is 12.3. The van der Waals surface area contributed by atoms with E-state index in [1.54, 1.807) is 20.8 Å². The normalized spacial score (nSPS) is 12.0. The van der Waals surface area contributed by atoms with Crippen LogP contribution < -0.4 is 10.6 Å². The second-order valence-corrected chi connectivity index (χ2v) is 7.68. The Hall–Kier alpha value is -2.57. The van der Waals surface area contributed by atoms with Crippen LogP contribution in [0.3, 0.4) is 0 Å². The van der Waals surface area contributed by atoms with Crippen molar-refractivity contribution in [3.05, 3.63) is 30.0 Å². The van der Waals surface area contributed by atoms with Gasteiger partial charge in [-0.3, -0.25) is 9.89 Å². The van der Waals surface area contributed by atoms with Crippen LogP contribution in [0.25, 0.3) is 10.9 Å². The summed E-state index contributed by atoms with van der Waals surface area (Å²) in [4.78, 5) is 24.1. The highest BCUT2D eigenvalue weighted by Gasteiger charge is 2.24. The molecule has 0 spiro atoms. The molecule has 0 aliphatic rings. The lowest BCUT2D eigenvalue weighted by Gasteiger charge is -2.27. The van der Waals surface area contributed by atoms with Crippen LogP contribution >= 0.6 is 0 Å². The number of rotatable bonds is 5. The zero-order valence-corrected chi connectivity index (χ0v) is 15.4. The molecule has 7 heteroatoms. The third-order valence-electron chi connectivity index (χ3n) is 3.43. The van der Waals surface area contributed by atoms with Gasteiger partial charge in [-0.1, -0.05) is 18.2 Å². The van der Waals surface area contributed by atoms with Crippen molar-refractivity contribution in [1.29, 1.82) is 0 Å². The maximum Gasteiger partial charge on any atom is 0.407 e. The summed E-state index contributed by atoms with van der Waals surface area (Å²) in [5.41, 5.74) is 0.434. The first-order valence-corrected chi connectivity index (χ1v) is 8.26. The monoisotopic (exact) mass is 346 g/mol. The molecular formula is C18H26N4O3. The minimum atomic E-state index is -0.607. The molecule has 0 atom stereocenters. The number of amides is 2. The lowest BCUT2D eigenvalue weighted by atomic mass is 10.0. The van der Waals surface area contributed by atoms with E-state index in [0.717, 1.165) is 16.6 Å². The third kappa shape index (κ3) is 5.77. The quantitative estimate of drug-likeness (QED) is 0.775. The van der Waals surface area contributed by atoms with E-state index in [1.165, 1.54) is 0 Å². The number of aromatic nitrogens is 2. The van der Waals surface area contributed by atoms with Crippen LogP contribution in [0, 0.1) is 0 Å². The number of para-hydroxylation sites is 1. The van der Waals surface area contributed by atoms with Crippen molar-refractivity contribution in [1.82, 2.24) is 20.8 Å². The molecule has 0 bridgehead atoms. The van der Waals surface area contributed by atoms with Gasteiger partial charge in [-0.2, -0.15) is 5.10 Å². The SMILES string of the molecule is CC(C)(CNC(=O)OC(C)(C)C)NC(=O)Cc1[nH]nc2ccccc12. The molecule has 7 nitrogen and oxygen atoms in total. The number of nitrogens with zero attached hydrogens (tertiary/aromatic N) is 1. The summed E-state index contributed by atoms with van der Waals surface area (Å²) in [6.45, 7) is 9.34. The van der Waals surface area contributed by atoms with Gasteiger partial charge in [0.15, 0.2) is 0 Å². The molecule has 1 aromatic carbocycles. The van der Waals surface area contributed by atoms with Crippen molar-refractivity contribution in [3.8, 4) is 0 Å². The van der Waals surface area contributed by atoms with Crippen LogP contribution in [-0.4, -0.2) is 39.9 Å². The summed E-state index contributed by atoms with van der Waals surface area (Å²) in [6.07, 6.45) is -0.314. The highest BCUT2D eigenvalue weighted by Crippen LogP contribution is 2.15. The van der Waals surface area contributed by atoms with Crippen LogP contribution in [0.1, 0.15) is 40.3 Å². The fourth-order valence-corrected chi connectivity index (χ4v) is 2.38. The highest BCUT2D eigenvalue weighted by atomic mass is 16.6. The predicted molar refractivity (Wildman–Crippen MR) is 96.3 cm³/mol. The lowest BCUT2D eigenvalue weighted by molar-refractivity contribution is -0.122. The second kappa shape index (κ2) is 7.13. The molecule has 25 heavy (non-hydrogen) atoms. The minimum Gasteiger partial charge on any atom is -0.444 e. The van der Waals surface area contributed by atoms with Gasteiger partial charge in [0.1, 0.15) is 5.60 Å². The second-order valence-electron chi connectivity index (χ2n) is 7.68. The number of fused-ring (bicyclic) bond motifs is 1. The van der Waals surface area contributed by atoms with E-state index in [2.05, 4.69) is 20.8 Å². The predicted octanol–water partition coefficient (Wildman–Crippen LogP) is 2.52. The molecule has 0 radical (unpaired) electrons. The molecule has 2 aromatic rings. The van der Waals surface area contributed by atoms with E-state index in [9.17, 15) is 9.59 Å². The molecule has 3 N–H and O–H groups in total. The molecule has 2 amide bonds. The lowest BCUT2D eigenvalue weighted by Crippen LogP contribution is -2.52. The summed E-state index contributed by atoms with van der Waals surface area (Å²) >= 11 is 0. The molecule has 0 saturated carbocycles. The average molecular weight is 346 g/mol. The fraction of sp³-hybridized carbons (Fsp3) is 0.500. The number of hydrogen-bond donors (Lipinski definition) is 3. The van der Waals surface area contributed by atoms with Crippen molar-refractivity contribution >= 4 is 22.9 Å². The number of carbonyl (C=O) groups is 2. The Kier molecular flexibility index (Phi) is 5.35. The number of alkyl carbamates (subject to hydrolysis) is 1. The molecule has 1 heterocycles. The molecule has 0 fully saturated rings. The summed E-state index contributed by atoms with van der Waals surface area (Å²) in [5.74, 6) is -0.148. The van der Waals surface area contributed by atoms with E-state index in [0.29, 0.717) is 0 Å². The number of benzene rings is 1. The summed E-state index contributed by atoms with van der Waals surface area (Å²) in [7, 11) is 0. The minimum absolute atomic E-state index is 0.148. The molecule has 0 saturated heterocycles. The smallest absolute Gasteiger partial charge is 0.407 e. The maximum atomic E-state index is 12.3. The Morgan fingerprint density at radius 1 is 1.16 bits per heavy atom. The van der Waals surface area contributed by atoms with Crippen LogP contribution in [0.4, 0.5) is 4.79 Å². The van der Waals surface area contributed by atoms with Gasteiger partial charge >= 0.3 is 6.09 Å². The average Bonchev–Trinajstić information content (AvgIpc) is 2.86. The largest absolute Gasteiger partial charge is 0.444 e. The summed E-state index contributed by atoms with van der Waals surface area (Å²) in [6, 6.07) is 7.63. The first kappa shape index (κ1) is 18.8. The fourth-order valence-electron chi connectivity index (χ4n) is 2.38. The summed E-state index contributed by atoms with van der Waals surface area (Å²) < 4.78 is 5.20. The zero-order chi connectivity index (χ0) is 18.7. The van der Waals surface area contributed by atoms with E-state index < -0.39 is 17.2 Å². The van der Waals surface area contributed by atoms with E-state index >= 15 is 0 Å². The molecular weight excluding hydrogens is 320 g/mol. The topological polar surface area (TPSA) is 96.1 Å². The Morgan fingerprint density at radius 3 is 2.52 bits per heavy atom. The number of aromatic amines is 1. The van der Waals surface area contributed by atoms with Gasteiger partial charge in [0.2, 0.25) is 5.91 Å². The molecule has 0 aliphatic heterocycles. The van der Waals surface area contributed by atoms with Gasteiger partial charge < -0.3 is 15.4 Å². The molecule has 2 rings (SSSR count). The van der Waals surface area contributed by atoms with Gasteiger partial charge in [0, 0.05) is 11.9 Å². The Labute approximate surface area is 147 Å². The van der Waals surface area contributed by atoms with Gasteiger partial charge in [0.05, 0.1) is 23.2 Å². The number of H-pyrrole nitrogens is 1. The Morgan fingerprint density at radius 2 is 1.84 bits per heavy atom. The molecule has 0 unspecified atom stereocenters. The van der Waals surface area contributed by atoms with Gasteiger partial charge in [0.25, 0.3) is 0 Å². The first-order valence-electron chi connectivity index (χ1n) is 8.26. The van der Waals surface area contributed by atoms with E-state index in [-0.39, 0.29) is 18.9 Å². The van der Waals surface area contributed by atoms with Crippen molar-refractivity contribution in [2.24, 2.45) is 0 Å². The molecule has 1 aromatic heterocycles. The number of carbonyl (C=O) groups excluding carboxylic acids is 2. The third-order valence-corrected chi connectivity index (χ3v) is 3.43. The molecule has 136 valence electrons. The van der Waals surface area contributed by atoms with Crippen LogP contribution in [-0.2, 0) is 16.0 Å². The van der Waals surface area contributed by atoms with E-state index in [1.807, 2.05) is 38.1 Å². The Bertz CT molecular complexity index is 759. The van der Waals surface area contributed by atoms with Gasteiger partial charge in [-0.15, -0.1) is 0 Å². The standard InChI is InChI=1S/C18H26N4O3/c1-17(2,3)25-16(24)19-11-18(4,5)20-15(23)10-14-12-8-6-7-9-13(12)21-22-14/h6-9H,10-11H2,1-5H3,(H,19,24)(H,20,23)(H,21,22). The van der Waals surface area contributed by atoms with Gasteiger partial charge in [-0.25, -0.2) is 4.79 Å². The zero-order valence-electron chi connectivity index (χ0n) is 15.4. The summed E-state index contributed by atoms with van der Waals surface area (Å²) in [5, 5.41) is 13.6.